The number of benzene rings is 1. The Bertz CT molecular complexity index is 673. The minimum absolute atomic E-state index is 0.112. The molecule has 2 heterocycles. The number of morpholine rings is 1. The van der Waals surface area contributed by atoms with E-state index in [1.807, 2.05) is 13.8 Å². The monoisotopic (exact) mass is 408 g/mol. The third-order valence-corrected chi connectivity index (χ3v) is 4.09. The lowest BCUT2D eigenvalue weighted by molar-refractivity contribution is -0.474. The van der Waals surface area contributed by atoms with Gasteiger partial charge in [-0.05, 0) is 18.2 Å². The molecule has 0 spiro atoms. The van der Waals surface area contributed by atoms with Crippen molar-refractivity contribution in [1.29, 1.82) is 0 Å². The Morgan fingerprint density at radius 3 is 2.30 bits per heavy atom. The Balaban J connectivity index is 0.00000126. The Kier molecular flexibility index (Phi) is 6.51. The molecule has 2 aliphatic heterocycles. The highest BCUT2D eigenvalue weighted by Gasteiger charge is 2.46. The molecule has 1 aromatic rings. The highest BCUT2D eigenvalue weighted by molar-refractivity contribution is 6.18. The van der Waals surface area contributed by atoms with Gasteiger partial charge in [0.1, 0.15) is 25.0 Å². The number of carbonyl (C=O) groups is 1. The second-order valence-electron chi connectivity index (χ2n) is 5.85. The van der Waals surface area contributed by atoms with Crippen LogP contribution in [0.1, 0.15) is 13.8 Å². The van der Waals surface area contributed by atoms with E-state index in [0.29, 0.717) is 0 Å². The largest absolute Gasteiger partial charge is 0.443 e. The number of halogens is 2. The van der Waals surface area contributed by atoms with Crippen LogP contribution in [0, 0.1) is 5.82 Å². The average Bonchev–Trinajstić information content (AvgIpc) is 2.94. The van der Waals surface area contributed by atoms with Crippen molar-refractivity contribution in [3.63, 3.8) is 0 Å². The summed E-state index contributed by atoms with van der Waals surface area (Å²) in [5.41, 5.74) is 0.0964. The molecule has 9 nitrogen and oxygen atoms in total. The first kappa shape index (κ1) is 21.6. The molecule has 11 heteroatoms. The van der Waals surface area contributed by atoms with Gasteiger partial charge in [0.2, 0.25) is 0 Å². The van der Waals surface area contributed by atoms with Crippen molar-refractivity contribution in [3.05, 3.63) is 24.0 Å². The van der Waals surface area contributed by atoms with Crippen molar-refractivity contribution in [2.24, 2.45) is 0 Å². The summed E-state index contributed by atoms with van der Waals surface area (Å²) in [5.74, 6) is -6.45. The summed E-state index contributed by atoms with van der Waals surface area (Å²) in [6.07, 6.45) is -1.15. The number of alkyl halides is 1. The Morgan fingerprint density at radius 2 is 1.81 bits per heavy atom. The zero-order valence-corrected chi connectivity index (χ0v) is 15.6. The molecule has 0 bridgehead atoms. The van der Waals surface area contributed by atoms with Crippen LogP contribution in [0.3, 0.4) is 0 Å². The number of cyclic esters (lactones) is 1. The molecule has 152 valence electrons. The second kappa shape index (κ2) is 8.13. The van der Waals surface area contributed by atoms with Crippen molar-refractivity contribution < 1.29 is 39.1 Å². The average molecular weight is 409 g/mol. The molecule has 0 aromatic heterocycles. The molecule has 1 unspecified atom stereocenters. The molecule has 2 aliphatic rings. The van der Waals surface area contributed by atoms with Crippen LogP contribution in [-0.2, 0) is 9.47 Å². The first-order chi connectivity index (χ1) is 12.6. The van der Waals surface area contributed by atoms with Crippen LogP contribution >= 0.6 is 11.6 Å². The third kappa shape index (κ3) is 4.98. The molecule has 2 saturated heterocycles. The molecule has 1 atom stereocenters. The van der Waals surface area contributed by atoms with Gasteiger partial charge >= 0.3 is 18.0 Å². The molecule has 1 aromatic carbocycles. The van der Waals surface area contributed by atoms with Crippen LogP contribution in [0.15, 0.2) is 18.2 Å². The fraction of sp³-hybridized carbons (Fsp3) is 0.562. The number of ether oxygens (including phenoxy) is 2. The Labute approximate surface area is 160 Å². The second-order valence-corrected chi connectivity index (χ2v) is 6.16. The molecule has 0 saturated carbocycles. The van der Waals surface area contributed by atoms with Crippen LogP contribution in [0.2, 0.25) is 0 Å². The molecular weight excluding hydrogens is 387 g/mol. The number of anilines is 2. The number of β-amino-alcohol motifs (C(OH)–C–C–N with tert-alkyl or cyclic N) is 4. The van der Waals surface area contributed by atoms with Gasteiger partial charge in [-0.3, -0.25) is 9.64 Å². The first-order valence-corrected chi connectivity index (χ1v) is 8.82. The maximum atomic E-state index is 14.5. The van der Waals surface area contributed by atoms with Crippen molar-refractivity contribution in [3.8, 4) is 0 Å². The van der Waals surface area contributed by atoms with Crippen LogP contribution < -0.4 is 9.80 Å². The van der Waals surface area contributed by atoms with Crippen molar-refractivity contribution in [2.75, 3.05) is 35.3 Å². The number of carbonyl (C=O) groups excluding carboxylic acids is 1. The van der Waals surface area contributed by atoms with E-state index in [0.717, 1.165) is 11.0 Å². The van der Waals surface area contributed by atoms with Crippen molar-refractivity contribution in [1.82, 2.24) is 0 Å². The van der Waals surface area contributed by atoms with E-state index in [2.05, 4.69) is 4.74 Å². The highest BCUT2D eigenvalue weighted by Crippen LogP contribution is 2.32. The van der Waals surface area contributed by atoms with Gasteiger partial charge in [0.25, 0.3) is 0 Å². The zero-order chi connectivity index (χ0) is 20.4. The summed E-state index contributed by atoms with van der Waals surface area (Å²) in [5, 5.41) is 38.1. The van der Waals surface area contributed by atoms with Gasteiger partial charge in [-0.15, -0.1) is 11.6 Å². The summed E-state index contributed by atoms with van der Waals surface area (Å²) in [4.78, 5) is 14.0. The fourth-order valence-corrected chi connectivity index (χ4v) is 2.94. The van der Waals surface area contributed by atoms with Gasteiger partial charge in [0.15, 0.2) is 0 Å². The number of amides is 1. The number of hydrogen-bond acceptors (Lipinski definition) is 8. The third-order valence-electron chi connectivity index (χ3n) is 3.75. The van der Waals surface area contributed by atoms with Gasteiger partial charge < -0.3 is 30.1 Å². The van der Waals surface area contributed by atoms with Crippen LogP contribution in [0.5, 0.6) is 0 Å². The summed E-state index contributed by atoms with van der Waals surface area (Å²) < 4.78 is 23.7. The minimum Gasteiger partial charge on any atom is -0.443 e. The van der Waals surface area contributed by atoms with E-state index < -0.39 is 43.1 Å². The quantitative estimate of drug-likeness (QED) is 0.422. The van der Waals surface area contributed by atoms with E-state index in [9.17, 15) is 29.6 Å². The van der Waals surface area contributed by atoms with Gasteiger partial charge in [-0.2, -0.15) is 0 Å². The smallest absolute Gasteiger partial charge is 0.414 e. The molecule has 0 aliphatic carbocycles. The lowest BCUT2D eigenvalue weighted by atomic mass is 10.2. The maximum absolute atomic E-state index is 14.5. The molecule has 3 rings (SSSR count). The molecule has 4 N–H and O–H groups in total. The van der Waals surface area contributed by atoms with Gasteiger partial charge in [-0.1, -0.05) is 13.8 Å². The number of rotatable bonds is 3. The Morgan fingerprint density at radius 1 is 1.22 bits per heavy atom. The molecule has 1 amide bonds. The Hall–Kier alpha value is -1.69. The lowest BCUT2D eigenvalue weighted by Crippen LogP contribution is -2.62. The van der Waals surface area contributed by atoms with Crippen LogP contribution in [0.4, 0.5) is 20.6 Å². The topological polar surface area (TPSA) is 123 Å². The minimum atomic E-state index is -2.88. The first-order valence-electron chi connectivity index (χ1n) is 8.28. The van der Waals surface area contributed by atoms with Crippen LogP contribution in [0.25, 0.3) is 0 Å². The normalized spacial score (nSPS) is 23.6. The molecule has 27 heavy (non-hydrogen) atoms. The fourth-order valence-electron chi connectivity index (χ4n) is 2.78. The standard InChI is InChI=1S/C14H16ClFN2O7.C2H6/c15-4-9-5-18(12(19)24-9)8-1-2-11(10(16)3-8)17-6-13(20,21)25-14(22,23)7-17;1-2/h1-3,9,20-23H,4-7H2;1-2H3. The summed E-state index contributed by atoms with van der Waals surface area (Å²) >= 11 is 5.65. The van der Waals surface area contributed by atoms with E-state index >= 15 is 0 Å². The van der Waals surface area contributed by atoms with Crippen LogP contribution in [-0.4, -0.2) is 70.1 Å². The number of aliphatic hydroxyl groups is 4. The van der Waals surface area contributed by atoms with Crippen molar-refractivity contribution >= 4 is 29.1 Å². The van der Waals surface area contributed by atoms with E-state index in [4.69, 9.17) is 16.3 Å². The summed E-state index contributed by atoms with van der Waals surface area (Å²) in [6.45, 7) is 2.93. The van der Waals surface area contributed by atoms with Gasteiger partial charge in [-0.25, -0.2) is 9.18 Å². The highest BCUT2D eigenvalue weighted by atomic mass is 35.5. The predicted octanol–water partition coefficient (Wildman–Crippen LogP) is 0.529. The molecule has 0 radical (unpaired) electrons. The summed E-state index contributed by atoms with van der Waals surface area (Å²) in [7, 11) is 0. The van der Waals surface area contributed by atoms with Gasteiger partial charge in [0.05, 0.1) is 23.8 Å². The molecular formula is C16H22ClFN2O7. The lowest BCUT2D eigenvalue weighted by Gasteiger charge is -2.42. The summed E-state index contributed by atoms with van der Waals surface area (Å²) in [6, 6.07) is 3.73. The molecule has 2 fully saturated rings. The van der Waals surface area contributed by atoms with E-state index in [1.165, 1.54) is 17.0 Å². The zero-order valence-electron chi connectivity index (χ0n) is 14.8. The van der Waals surface area contributed by atoms with Crippen molar-refractivity contribution in [2.45, 2.75) is 31.9 Å². The number of hydrogen-bond donors (Lipinski definition) is 4. The van der Waals surface area contributed by atoms with E-state index in [-0.39, 0.29) is 23.8 Å². The van der Waals surface area contributed by atoms with Gasteiger partial charge in [0, 0.05) is 0 Å². The maximum Gasteiger partial charge on any atom is 0.414 e. The van der Waals surface area contributed by atoms with E-state index in [1.54, 1.807) is 0 Å². The number of nitrogens with zero attached hydrogens (tertiary/aromatic N) is 2. The predicted molar refractivity (Wildman–Crippen MR) is 93.7 cm³/mol. The SMILES string of the molecule is CC.O=C1OC(CCl)CN1c1ccc(N2CC(O)(O)OC(O)(O)C2)c(F)c1.